The lowest BCUT2D eigenvalue weighted by molar-refractivity contribution is -0.139. The molecule has 0 bridgehead atoms. The number of carbonyl (C=O) groups excluding carboxylic acids is 3. The van der Waals surface area contributed by atoms with Crippen molar-refractivity contribution in [1.82, 2.24) is 10.2 Å². The molecule has 2 aromatic carbocycles. The maximum atomic E-state index is 13.5. The average molecular weight is 527 g/mol. The number of benzene rings is 2. The Hall–Kier alpha value is -3.75. The molecule has 1 aliphatic rings. The molecule has 9 heteroatoms. The summed E-state index contributed by atoms with van der Waals surface area (Å²) in [5.41, 5.74) is 0.720. The molecule has 0 radical (unpaired) electrons. The predicted molar refractivity (Wildman–Crippen MR) is 142 cm³/mol. The van der Waals surface area contributed by atoms with Gasteiger partial charge in [-0.25, -0.2) is 9.59 Å². The normalized spacial score (nSPS) is 16.9. The number of ether oxygens (including phenoxy) is 4. The van der Waals surface area contributed by atoms with Crippen LogP contribution in [0.15, 0.2) is 42.5 Å². The lowest BCUT2D eigenvalue weighted by Gasteiger charge is -2.29. The van der Waals surface area contributed by atoms with E-state index in [1.807, 2.05) is 44.2 Å². The minimum Gasteiger partial charge on any atom is -0.493 e. The van der Waals surface area contributed by atoms with Crippen LogP contribution in [0.4, 0.5) is 4.79 Å². The zero-order chi connectivity index (χ0) is 27.9. The number of nitrogens with zero attached hydrogens (tertiary/aromatic N) is 1. The van der Waals surface area contributed by atoms with E-state index in [1.165, 1.54) is 12.0 Å². The highest BCUT2D eigenvalue weighted by atomic mass is 16.6. The SMILES string of the molecule is COc1ccc2c(c1OC(C)C)OC(=O)[C@H](Cc1ccccc1)NC(=O)CCCN(C(=O)OC(C)(C)C)C2. The molecule has 0 saturated carbocycles. The summed E-state index contributed by atoms with van der Waals surface area (Å²) < 4.78 is 23.1. The minimum absolute atomic E-state index is 0.0843. The summed E-state index contributed by atoms with van der Waals surface area (Å²) in [4.78, 5) is 40.9. The van der Waals surface area contributed by atoms with Gasteiger partial charge in [0.2, 0.25) is 11.7 Å². The molecule has 3 rings (SSSR count). The van der Waals surface area contributed by atoms with Gasteiger partial charge in [0.25, 0.3) is 0 Å². The third-order valence-corrected chi connectivity index (χ3v) is 5.68. The minimum atomic E-state index is -0.919. The fourth-order valence-corrected chi connectivity index (χ4v) is 4.01. The molecule has 1 N–H and O–H groups in total. The van der Waals surface area contributed by atoms with E-state index >= 15 is 0 Å². The van der Waals surface area contributed by atoms with Gasteiger partial charge in [-0.1, -0.05) is 30.3 Å². The highest BCUT2D eigenvalue weighted by Gasteiger charge is 2.30. The van der Waals surface area contributed by atoms with Crippen LogP contribution in [0.25, 0.3) is 0 Å². The van der Waals surface area contributed by atoms with Crippen molar-refractivity contribution in [2.75, 3.05) is 13.7 Å². The number of hydrogen-bond acceptors (Lipinski definition) is 7. The van der Waals surface area contributed by atoms with E-state index in [2.05, 4.69) is 5.32 Å². The van der Waals surface area contributed by atoms with E-state index in [9.17, 15) is 14.4 Å². The van der Waals surface area contributed by atoms with E-state index in [1.54, 1.807) is 32.9 Å². The number of methoxy groups -OCH3 is 1. The summed E-state index contributed by atoms with van der Waals surface area (Å²) in [6, 6.07) is 11.9. The molecule has 0 saturated heterocycles. The van der Waals surface area contributed by atoms with E-state index in [0.717, 1.165) is 5.56 Å². The van der Waals surface area contributed by atoms with Crippen LogP contribution in [-0.2, 0) is 27.3 Å². The van der Waals surface area contributed by atoms with Crippen LogP contribution in [0.5, 0.6) is 17.2 Å². The zero-order valence-corrected chi connectivity index (χ0v) is 23.0. The van der Waals surface area contributed by atoms with Crippen molar-refractivity contribution in [2.45, 2.75) is 78.2 Å². The molecule has 0 aromatic heterocycles. The molecule has 9 nitrogen and oxygen atoms in total. The van der Waals surface area contributed by atoms with Crippen molar-refractivity contribution in [2.24, 2.45) is 0 Å². The Labute approximate surface area is 224 Å². The van der Waals surface area contributed by atoms with Crippen molar-refractivity contribution < 1.29 is 33.3 Å². The van der Waals surface area contributed by atoms with Crippen molar-refractivity contribution in [1.29, 1.82) is 0 Å². The number of fused-ring (bicyclic) bond motifs is 1. The first-order valence-corrected chi connectivity index (χ1v) is 12.9. The van der Waals surface area contributed by atoms with Gasteiger partial charge in [-0.3, -0.25) is 4.79 Å². The highest BCUT2D eigenvalue weighted by Crippen LogP contribution is 2.42. The first-order chi connectivity index (χ1) is 18.0. The summed E-state index contributed by atoms with van der Waals surface area (Å²) >= 11 is 0. The molecular formula is C29H38N2O7. The van der Waals surface area contributed by atoms with Gasteiger partial charge >= 0.3 is 12.1 Å². The summed E-state index contributed by atoms with van der Waals surface area (Å²) in [6.45, 7) is 9.42. The molecule has 0 fully saturated rings. The van der Waals surface area contributed by atoms with Gasteiger partial charge in [0.1, 0.15) is 11.6 Å². The quantitative estimate of drug-likeness (QED) is 0.447. The van der Waals surface area contributed by atoms with Crippen molar-refractivity contribution in [3.05, 3.63) is 53.6 Å². The van der Waals surface area contributed by atoms with Crippen molar-refractivity contribution in [3.8, 4) is 17.2 Å². The van der Waals surface area contributed by atoms with Gasteiger partial charge < -0.3 is 29.2 Å². The molecule has 0 aliphatic carbocycles. The molecule has 2 amide bonds. The summed E-state index contributed by atoms with van der Waals surface area (Å²) in [7, 11) is 1.50. The number of amides is 2. The maximum Gasteiger partial charge on any atom is 0.410 e. The fraction of sp³-hybridized carbons (Fsp3) is 0.483. The van der Waals surface area contributed by atoms with Crippen molar-refractivity contribution >= 4 is 18.0 Å². The molecule has 0 spiro atoms. The van der Waals surface area contributed by atoms with Gasteiger partial charge in [-0.05, 0) is 58.7 Å². The average Bonchev–Trinajstić information content (AvgIpc) is 2.83. The van der Waals surface area contributed by atoms with Crippen LogP contribution in [-0.4, -0.2) is 54.3 Å². The van der Waals surface area contributed by atoms with E-state index < -0.39 is 23.7 Å². The summed E-state index contributed by atoms with van der Waals surface area (Å²) in [5.74, 6) is -0.180. The van der Waals surface area contributed by atoms with E-state index in [-0.39, 0.29) is 49.4 Å². The molecule has 38 heavy (non-hydrogen) atoms. The van der Waals surface area contributed by atoms with Crippen LogP contribution in [0.3, 0.4) is 0 Å². The van der Waals surface area contributed by atoms with Gasteiger partial charge in [0, 0.05) is 24.9 Å². The lowest BCUT2D eigenvalue weighted by Crippen LogP contribution is -2.45. The number of hydrogen-bond donors (Lipinski definition) is 1. The zero-order valence-electron chi connectivity index (χ0n) is 23.0. The summed E-state index contributed by atoms with van der Waals surface area (Å²) in [6.07, 6.45) is -0.00276. The molecule has 2 aromatic rings. The van der Waals surface area contributed by atoms with Gasteiger partial charge in [0.05, 0.1) is 19.8 Å². The number of carbonyl (C=O) groups is 3. The smallest absolute Gasteiger partial charge is 0.410 e. The molecule has 1 atom stereocenters. The second kappa shape index (κ2) is 12.7. The van der Waals surface area contributed by atoms with E-state index in [0.29, 0.717) is 17.7 Å². The Bertz CT molecular complexity index is 1130. The van der Waals surface area contributed by atoms with Crippen LogP contribution < -0.4 is 19.5 Å². The maximum absolute atomic E-state index is 13.5. The number of esters is 1. The Morgan fingerprint density at radius 3 is 2.47 bits per heavy atom. The molecular weight excluding hydrogens is 488 g/mol. The Morgan fingerprint density at radius 1 is 1.13 bits per heavy atom. The van der Waals surface area contributed by atoms with E-state index in [4.69, 9.17) is 18.9 Å². The monoisotopic (exact) mass is 526 g/mol. The first kappa shape index (κ1) is 28.8. The number of nitrogens with one attached hydrogen (secondary N) is 1. The van der Waals surface area contributed by atoms with Crippen LogP contribution in [0.1, 0.15) is 58.6 Å². The van der Waals surface area contributed by atoms with Gasteiger partial charge in [-0.15, -0.1) is 0 Å². The standard InChI is InChI=1S/C29H38N2O7/c1-19(2)36-26-23(35-6)15-14-21-18-31(28(34)38-29(3,4)5)16-10-13-24(32)30-22(27(33)37-25(21)26)17-20-11-8-7-9-12-20/h7-9,11-12,14-15,19,22H,10,13,16-18H2,1-6H3,(H,30,32)/t22-/m0/s1. The molecule has 1 aliphatic heterocycles. The predicted octanol–water partition coefficient (Wildman–Crippen LogP) is 4.65. The second-order valence-electron chi connectivity index (χ2n) is 10.5. The second-order valence-corrected chi connectivity index (χ2v) is 10.5. The third kappa shape index (κ3) is 8.13. The van der Waals surface area contributed by atoms with Gasteiger partial charge in [-0.2, -0.15) is 0 Å². The lowest BCUT2D eigenvalue weighted by atomic mass is 10.1. The Kier molecular flexibility index (Phi) is 9.61. The Balaban J connectivity index is 2.07. The topological polar surface area (TPSA) is 103 Å². The van der Waals surface area contributed by atoms with Crippen LogP contribution in [0.2, 0.25) is 0 Å². The van der Waals surface area contributed by atoms with Crippen molar-refractivity contribution in [3.63, 3.8) is 0 Å². The molecule has 1 heterocycles. The summed E-state index contributed by atoms with van der Waals surface area (Å²) in [5, 5.41) is 2.81. The highest BCUT2D eigenvalue weighted by molar-refractivity contribution is 5.86. The largest absolute Gasteiger partial charge is 0.493 e. The molecule has 206 valence electrons. The Morgan fingerprint density at radius 2 is 1.84 bits per heavy atom. The van der Waals surface area contributed by atoms with Crippen LogP contribution in [0, 0.1) is 0 Å². The fourth-order valence-electron chi connectivity index (χ4n) is 4.01. The van der Waals surface area contributed by atoms with Crippen LogP contribution >= 0.6 is 0 Å². The third-order valence-electron chi connectivity index (χ3n) is 5.68. The molecule has 0 unspecified atom stereocenters. The van der Waals surface area contributed by atoms with Gasteiger partial charge in [0.15, 0.2) is 11.5 Å². The first-order valence-electron chi connectivity index (χ1n) is 12.9. The number of rotatable bonds is 5.